The normalized spacial score (nSPS) is 22.9. The predicted octanol–water partition coefficient (Wildman–Crippen LogP) is 4.52. The van der Waals surface area contributed by atoms with Gasteiger partial charge in [0.05, 0.1) is 0 Å². The third-order valence-corrected chi connectivity index (χ3v) is 3.93. The molecule has 1 aliphatic rings. The highest BCUT2D eigenvalue weighted by Crippen LogP contribution is 2.30. The molecule has 1 fully saturated rings. The Morgan fingerprint density at radius 3 is 2.48 bits per heavy atom. The van der Waals surface area contributed by atoms with Crippen LogP contribution in [-0.2, 0) is 11.2 Å². The van der Waals surface area contributed by atoms with E-state index in [0.717, 1.165) is 24.8 Å². The fraction of sp³-hybridized carbons (Fsp3) is 0.562. The molecule has 0 aromatic heterocycles. The average Bonchev–Trinajstić information content (AvgIpc) is 2.39. The highest BCUT2D eigenvalue weighted by molar-refractivity contribution is 5.83. The number of ketones is 1. The summed E-state index contributed by atoms with van der Waals surface area (Å²) in [5.41, 5.74) is 0.729. The Balaban J connectivity index is 1.92. The molecule has 2 unspecified atom stereocenters. The van der Waals surface area contributed by atoms with Gasteiger partial charge >= 0.3 is 6.36 Å². The van der Waals surface area contributed by atoms with E-state index in [1.165, 1.54) is 30.7 Å². The van der Waals surface area contributed by atoms with Crippen LogP contribution in [0.1, 0.15) is 38.2 Å². The van der Waals surface area contributed by atoms with Crippen molar-refractivity contribution in [2.75, 3.05) is 0 Å². The molecule has 0 saturated heterocycles. The SMILES string of the molecule is CC1CCCC(C(=O)Cc2ccc(OC(F)(F)F)cc2)C1. The van der Waals surface area contributed by atoms with E-state index in [2.05, 4.69) is 11.7 Å². The quantitative estimate of drug-likeness (QED) is 0.817. The molecule has 2 rings (SSSR count). The number of halogens is 3. The van der Waals surface area contributed by atoms with E-state index < -0.39 is 6.36 Å². The minimum Gasteiger partial charge on any atom is -0.406 e. The third-order valence-electron chi connectivity index (χ3n) is 3.93. The van der Waals surface area contributed by atoms with Gasteiger partial charge in [0.1, 0.15) is 11.5 Å². The van der Waals surface area contributed by atoms with Gasteiger partial charge in [-0.15, -0.1) is 13.2 Å². The Morgan fingerprint density at radius 2 is 1.90 bits per heavy atom. The molecule has 0 amide bonds. The maximum Gasteiger partial charge on any atom is 0.573 e. The Morgan fingerprint density at radius 1 is 1.24 bits per heavy atom. The molecule has 2 atom stereocenters. The van der Waals surface area contributed by atoms with Gasteiger partial charge in [0, 0.05) is 12.3 Å². The Kier molecular flexibility index (Phi) is 4.91. The molecule has 5 heteroatoms. The van der Waals surface area contributed by atoms with Gasteiger partial charge in [0.25, 0.3) is 0 Å². The van der Waals surface area contributed by atoms with Crippen molar-refractivity contribution in [3.8, 4) is 5.75 Å². The van der Waals surface area contributed by atoms with Gasteiger partial charge in [-0.3, -0.25) is 4.79 Å². The molecule has 116 valence electrons. The summed E-state index contributed by atoms with van der Waals surface area (Å²) in [5.74, 6) is 0.603. The van der Waals surface area contributed by atoms with Crippen molar-refractivity contribution in [1.29, 1.82) is 0 Å². The zero-order chi connectivity index (χ0) is 15.5. The number of alkyl halides is 3. The number of hydrogen-bond donors (Lipinski definition) is 0. The second-order valence-corrected chi connectivity index (χ2v) is 5.80. The van der Waals surface area contributed by atoms with E-state index in [1.54, 1.807) is 0 Å². The van der Waals surface area contributed by atoms with Crippen LogP contribution >= 0.6 is 0 Å². The van der Waals surface area contributed by atoms with Crippen molar-refractivity contribution in [1.82, 2.24) is 0 Å². The van der Waals surface area contributed by atoms with Gasteiger partial charge in [0.2, 0.25) is 0 Å². The summed E-state index contributed by atoms with van der Waals surface area (Å²) in [5, 5.41) is 0. The Labute approximate surface area is 122 Å². The number of benzene rings is 1. The lowest BCUT2D eigenvalue weighted by molar-refractivity contribution is -0.274. The molecule has 0 spiro atoms. The number of carbonyl (C=O) groups excluding carboxylic acids is 1. The first-order valence-electron chi connectivity index (χ1n) is 7.21. The molecule has 1 aromatic rings. The van der Waals surface area contributed by atoms with Gasteiger partial charge < -0.3 is 4.74 Å². The maximum atomic E-state index is 12.2. The lowest BCUT2D eigenvalue weighted by Gasteiger charge is -2.25. The van der Waals surface area contributed by atoms with Crippen LogP contribution in [0.2, 0.25) is 0 Å². The molecule has 1 aliphatic carbocycles. The minimum absolute atomic E-state index is 0.0971. The van der Waals surface area contributed by atoms with Gasteiger partial charge in [-0.05, 0) is 36.5 Å². The maximum absolute atomic E-state index is 12.2. The van der Waals surface area contributed by atoms with E-state index in [1.807, 2.05) is 0 Å². The molecular formula is C16H19F3O2. The summed E-state index contributed by atoms with van der Waals surface area (Å²) in [4.78, 5) is 12.2. The summed E-state index contributed by atoms with van der Waals surface area (Å²) in [6, 6.07) is 5.54. The molecule has 0 heterocycles. The van der Waals surface area contributed by atoms with E-state index in [-0.39, 0.29) is 23.9 Å². The van der Waals surface area contributed by atoms with Crippen LogP contribution in [0.25, 0.3) is 0 Å². The van der Waals surface area contributed by atoms with Gasteiger partial charge in [-0.2, -0.15) is 0 Å². The highest BCUT2D eigenvalue weighted by atomic mass is 19.4. The van der Waals surface area contributed by atoms with Crippen molar-refractivity contribution in [2.45, 2.75) is 45.4 Å². The standard InChI is InChI=1S/C16H19F3O2/c1-11-3-2-4-13(9-11)15(20)10-12-5-7-14(8-6-12)21-16(17,18)19/h5-8,11,13H,2-4,9-10H2,1H3. The van der Waals surface area contributed by atoms with E-state index in [0.29, 0.717) is 5.92 Å². The molecule has 0 bridgehead atoms. The third kappa shape index (κ3) is 5.06. The highest BCUT2D eigenvalue weighted by Gasteiger charge is 2.31. The summed E-state index contributed by atoms with van der Waals surface area (Å²) >= 11 is 0. The number of ether oxygens (including phenoxy) is 1. The van der Waals surface area contributed by atoms with Crippen molar-refractivity contribution >= 4 is 5.78 Å². The summed E-state index contributed by atoms with van der Waals surface area (Å²) in [6.45, 7) is 2.16. The van der Waals surface area contributed by atoms with Crippen LogP contribution in [-0.4, -0.2) is 12.1 Å². The monoisotopic (exact) mass is 300 g/mol. The second kappa shape index (κ2) is 6.50. The van der Waals surface area contributed by atoms with Crippen molar-refractivity contribution in [2.24, 2.45) is 11.8 Å². The molecule has 21 heavy (non-hydrogen) atoms. The number of rotatable bonds is 4. The molecule has 0 radical (unpaired) electrons. The zero-order valence-electron chi connectivity index (χ0n) is 12.0. The number of hydrogen-bond acceptors (Lipinski definition) is 2. The zero-order valence-corrected chi connectivity index (χ0v) is 12.0. The number of carbonyl (C=O) groups is 1. The summed E-state index contributed by atoms with van der Waals surface area (Å²) in [6.07, 6.45) is -0.297. The molecule has 2 nitrogen and oxygen atoms in total. The van der Waals surface area contributed by atoms with Crippen molar-refractivity contribution in [3.63, 3.8) is 0 Å². The molecular weight excluding hydrogens is 281 g/mol. The predicted molar refractivity (Wildman–Crippen MR) is 73.0 cm³/mol. The van der Waals surface area contributed by atoms with Crippen LogP contribution in [0.15, 0.2) is 24.3 Å². The topological polar surface area (TPSA) is 26.3 Å². The fourth-order valence-electron chi connectivity index (χ4n) is 2.88. The minimum atomic E-state index is -4.68. The second-order valence-electron chi connectivity index (χ2n) is 5.80. The van der Waals surface area contributed by atoms with E-state index >= 15 is 0 Å². The van der Waals surface area contributed by atoms with Crippen LogP contribution in [0, 0.1) is 11.8 Å². The largest absolute Gasteiger partial charge is 0.573 e. The van der Waals surface area contributed by atoms with Crippen LogP contribution in [0.5, 0.6) is 5.75 Å². The lowest BCUT2D eigenvalue weighted by Crippen LogP contribution is -2.23. The van der Waals surface area contributed by atoms with Crippen molar-refractivity contribution < 1.29 is 22.7 Å². The van der Waals surface area contributed by atoms with Crippen LogP contribution in [0.3, 0.4) is 0 Å². The smallest absolute Gasteiger partial charge is 0.406 e. The molecule has 0 aliphatic heterocycles. The van der Waals surface area contributed by atoms with Gasteiger partial charge in [0.15, 0.2) is 0 Å². The Hall–Kier alpha value is -1.52. The molecule has 1 saturated carbocycles. The van der Waals surface area contributed by atoms with Crippen molar-refractivity contribution in [3.05, 3.63) is 29.8 Å². The average molecular weight is 300 g/mol. The Bertz CT molecular complexity index is 479. The van der Waals surface area contributed by atoms with E-state index in [4.69, 9.17) is 0 Å². The first kappa shape index (κ1) is 15.9. The first-order chi connectivity index (χ1) is 9.83. The van der Waals surface area contributed by atoms with Gasteiger partial charge in [-0.25, -0.2) is 0 Å². The van der Waals surface area contributed by atoms with Gasteiger partial charge in [-0.1, -0.05) is 31.9 Å². The first-order valence-corrected chi connectivity index (χ1v) is 7.21. The summed E-state index contributed by atoms with van der Waals surface area (Å²) < 4.78 is 40.0. The van der Waals surface area contributed by atoms with E-state index in [9.17, 15) is 18.0 Å². The molecule has 1 aromatic carbocycles. The summed E-state index contributed by atoms with van der Waals surface area (Å²) in [7, 11) is 0. The number of Topliss-reactive ketones (excluding diaryl/α,β-unsaturated/α-hetero) is 1. The van der Waals surface area contributed by atoms with Crippen LogP contribution < -0.4 is 4.74 Å². The lowest BCUT2D eigenvalue weighted by atomic mass is 9.79. The fourth-order valence-corrected chi connectivity index (χ4v) is 2.88. The molecule has 0 N–H and O–H groups in total. The van der Waals surface area contributed by atoms with Crippen LogP contribution in [0.4, 0.5) is 13.2 Å².